The lowest BCUT2D eigenvalue weighted by Crippen LogP contribution is -2.30. The largest absolute Gasteiger partial charge is 0.472 e. The number of ether oxygens (including phenoxy) is 4. The van der Waals surface area contributed by atoms with E-state index >= 15 is 0 Å². The first-order chi connectivity index (χ1) is 49.9. The lowest BCUT2D eigenvalue weighted by Gasteiger charge is -2.21. The topological polar surface area (TPSA) is 237 Å². The smallest absolute Gasteiger partial charge is 0.462 e. The number of unbranched alkanes of at least 4 members (excludes halogenated alkanes) is 52. The van der Waals surface area contributed by atoms with E-state index in [9.17, 15) is 43.2 Å². The van der Waals surface area contributed by atoms with Crippen molar-refractivity contribution in [2.45, 2.75) is 464 Å². The first-order valence-corrected chi connectivity index (χ1v) is 46.5. The lowest BCUT2D eigenvalue weighted by molar-refractivity contribution is -0.161. The third-order valence-corrected chi connectivity index (χ3v) is 22.0. The molecular weight excluding hydrogens is 1340 g/mol. The lowest BCUT2D eigenvalue weighted by atomic mass is 9.99. The summed E-state index contributed by atoms with van der Waals surface area (Å²) in [6, 6.07) is 0. The molecule has 6 atom stereocenters. The molecule has 0 saturated heterocycles. The zero-order valence-corrected chi connectivity index (χ0v) is 69.4. The number of phosphoric acid groups is 2. The Morgan fingerprint density at radius 2 is 0.495 bits per heavy atom. The second kappa shape index (κ2) is 75.5. The Morgan fingerprint density at radius 1 is 0.282 bits per heavy atom. The Kier molecular flexibility index (Phi) is 74.1. The van der Waals surface area contributed by atoms with E-state index in [2.05, 4.69) is 41.5 Å². The van der Waals surface area contributed by atoms with Gasteiger partial charge in [0, 0.05) is 25.7 Å². The minimum atomic E-state index is -4.96. The molecule has 0 aliphatic heterocycles. The van der Waals surface area contributed by atoms with Crippen molar-refractivity contribution in [1.82, 2.24) is 0 Å². The molecule has 17 nitrogen and oxygen atoms in total. The number of phosphoric ester groups is 2. The molecule has 0 radical (unpaired) electrons. The van der Waals surface area contributed by atoms with Crippen molar-refractivity contribution in [3.8, 4) is 0 Å². The highest BCUT2D eigenvalue weighted by atomic mass is 31.2. The summed E-state index contributed by atoms with van der Waals surface area (Å²) in [7, 11) is -9.92. The van der Waals surface area contributed by atoms with Crippen molar-refractivity contribution in [1.29, 1.82) is 0 Å². The molecule has 0 bridgehead atoms. The van der Waals surface area contributed by atoms with Crippen LogP contribution in [0.4, 0.5) is 0 Å². The van der Waals surface area contributed by atoms with Crippen LogP contribution in [0.15, 0.2) is 0 Å². The molecule has 0 fully saturated rings. The summed E-state index contributed by atoms with van der Waals surface area (Å²) < 4.78 is 68.8. The van der Waals surface area contributed by atoms with Gasteiger partial charge in [-0.1, -0.05) is 395 Å². The van der Waals surface area contributed by atoms with E-state index in [4.69, 9.17) is 37.0 Å². The Hall–Kier alpha value is -1.94. The maximum atomic E-state index is 13.1. The number of hydrogen-bond donors (Lipinski definition) is 3. The summed E-state index contributed by atoms with van der Waals surface area (Å²) in [5, 5.41) is 10.7. The summed E-state index contributed by atoms with van der Waals surface area (Å²) in [6.45, 7) is 9.64. The highest BCUT2D eigenvalue weighted by molar-refractivity contribution is 7.47. The molecule has 3 N–H and O–H groups in total. The second-order valence-electron chi connectivity index (χ2n) is 30.9. The highest BCUT2D eigenvalue weighted by Crippen LogP contribution is 2.45. The van der Waals surface area contributed by atoms with Crippen LogP contribution in [0.25, 0.3) is 0 Å². The zero-order chi connectivity index (χ0) is 75.6. The van der Waals surface area contributed by atoms with E-state index in [1.54, 1.807) is 0 Å². The molecule has 3 unspecified atom stereocenters. The molecular formula is C84H164O17P2. The van der Waals surface area contributed by atoms with E-state index in [0.717, 1.165) is 102 Å². The second-order valence-corrected chi connectivity index (χ2v) is 33.8. The normalized spacial score (nSPS) is 14.1. The number of esters is 4. The van der Waals surface area contributed by atoms with E-state index < -0.39 is 97.5 Å². The molecule has 0 aliphatic rings. The molecule has 19 heteroatoms. The van der Waals surface area contributed by atoms with Crippen LogP contribution in [0.1, 0.15) is 446 Å². The van der Waals surface area contributed by atoms with Crippen molar-refractivity contribution in [2.75, 3.05) is 39.6 Å². The molecule has 0 saturated carbocycles. The average molecular weight is 1510 g/mol. The first-order valence-electron chi connectivity index (χ1n) is 43.5. The number of hydrogen-bond acceptors (Lipinski definition) is 15. The fourth-order valence-corrected chi connectivity index (χ4v) is 14.6. The third kappa shape index (κ3) is 76.6. The van der Waals surface area contributed by atoms with Gasteiger partial charge in [0.15, 0.2) is 12.2 Å². The van der Waals surface area contributed by atoms with Gasteiger partial charge in [0.2, 0.25) is 0 Å². The molecule has 0 aromatic rings. The summed E-state index contributed by atoms with van der Waals surface area (Å²) >= 11 is 0. The predicted octanol–water partition coefficient (Wildman–Crippen LogP) is 25.5. The molecule has 0 spiro atoms. The Labute approximate surface area is 632 Å². The summed E-state index contributed by atoms with van der Waals surface area (Å²) in [5.41, 5.74) is 0. The molecule has 0 aromatic heterocycles. The van der Waals surface area contributed by atoms with Gasteiger partial charge in [-0.15, -0.1) is 0 Å². The van der Waals surface area contributed by atoms with Crippen LogP contribution in [0.2, 0.25) is 0 Å². The van der Waals surface area contributed by atoms with Gasteiger partial charge in [0.1, 0.15) is 19.3 Å². The number of aliphatic hydroxyl groups excluding tert-OH is 1. The fourth-order valence-electron chi connectivity index (χ4n) is 13.0. The van der Waals surface area contributed by atoms with Crippen LogP contribution in [-0.2, 0) is 65.4 Å². The monoisotopic (exact) mass is 1510 g/mol. The van der Waals surface area contributed by atoms with Gasteiger partial charge >= 0.3 is 39.5 Å². The van der Waals surface area contributed by atoms with Crippen molar-refractivity contribution >= 4 is 39.5 Å². The van der Waals surface area contributed by atoms with Gasteiger partial charge in [-0.2, -0.15) is 0 Å². The molecule has 103 heavy (non-hydrogen) atoms. The maximum Gasteiger partial charge on any atom is 0.472 e. The maximum absolute atomic E-state index is 13.1. The Morgan fingerprint density at radius 3 is 0.738 bits per heavy atom. The van der Waals surface area contributed by atoms with Crippen LogP contribution in [0, 0.1) is 11.8 Å². The fraction of sp³-hybridized carbons (Fsp3) is 0.952. The molecule has 0 amide bonds. The molecule has 0 heterocycles. The van der Waals surface area contributed by atoms with Crippen LogP contribution >= 0.6 is 15.6 Å². The number of carbonyl (C=O) groups excluding carboxylic acids is 4. The van der Waals surface area contributed by atoms with Gasteiger partial charge < -0.3 is 33.8 Å². The van der Waals surface area contributed by atoms with Crippen LogP contribution in [0.3, 0.4) is 0 Å². The quantitative estimate of drug-likeness (QED) is 0.0222. The Balaban J connectivity index is 5.20. The van der Waals surface area contributed by atoms with Gasteiger partial charge in [0.05, 0.1) is 26.4 Å². The van der Waals surface area contributed by atoms with E-state index in [1.807, 2.05) is 0 Å². The van der Waals surface area contributed by atoms with Crippen LogP contribution < -0.4 is 0 Å². The average Bonchev–Trinajstić information content (AvgIpc) is 0.910. The third-order valence-electron chi connectivity index (χ3n) is 20.1. The summed E-state index contributed by atoms with van der Waals surface area (Å²) in [6.07, 6.45) is 66.8. The zero-order valence-electron chi connectivity index (χ0n) is 67.6. The highest BCUT2D eigenvalue weighted by Gasteiger charge is 2.30. The van der Waals surface area contributed by atoms with E-state index in [1.165, 1.54) is 257 Å². The number of rotatable bonds is 83. The summed E-state index contributed by atoms with van der Waals surface area (Å²) in [4.78, 5) is 73.1. The summed E-state index contributed by atoms with van der Waals surface area (Å²) in [5.74, 6) is -0.556. The van der Waals surface area contributed by atoms with Crippen molar-refractivity contribution in [3.63, 3.8) is 0 Å². The van der Waals surface area contributed by atoms with Crippen molar-refractivity contribution in [2.24, 2.45) is 11.8 Å². The standard InChI is InChI=1S/C84H164O17P2/c1-7-10-12-14-16-18-20-22-24-25-29-32-36-39-43-47-54-60-66-81(86)94-72-79(100-83(88)69-63-57-49-45-41-37-33-30-27-26-28-31-34-38-42-46-53-59-65-77(6)9-3)74-98-102(90,91)96-70-78(85)71-97-103(92,93)99-75-80(73-95-82(87)67-61-55-51-50-52-58-64-76(4)5)101-84(89)68-62-56-48-44-40-35-23-21-19-17-15-13-11-8-2/h76-80,85H,7-75H2,1-6H3,(H,90,91)(H,92,93)/t77?,78-,79-,80-/m1/s1. The van der Waals surface area contributed by atoms with Gasteiger partial charge in [0.25, 0.3) is 0 Å². The van der Waals surface area contributed by atoms with Crippen molar-refractivity contribution in [3.05, 3.63) is 0 Å². The van der Waals surface area contributed by atoms with E-state index in [0.29, 0.717) is 31.6 Å². The molecule has 0 rings (SSSR count). The van der Waals surface area contributed by atoms with Gasteiger partial charge in [-0.25, -0.2) is 9.13 Å². The number of carbonyl (C=O) groups is 4. The predicted molar refractivity (Wildman–Crippen MR) is 423 cm³/mol. The molecule has 612 valence electrons. The van der Waals surface area contributed by atoms with Crippen LogP contribution in [0.5, 0.6) is 0 Å². The first kappa shape index (κ1) is 101. The Bertz CT molecular complexity index is 1980. The SMILES string of the molecule is CCCCCCCCCCCCCCCCCCCCC(=O)OC[C@H](COP(=O)(O)OC[C@@H](O)COP(=O)(O)OC[C@@H](COC(=O)CCCCCCCCC(C)C)OC(=O)CCCCCCCCCCCCCCCC)OC(=O)CCCCCCCCCCCCCCCCCCCCC(C)CC. The van der Waals surface area contributed by atoms with Gasteiger partial charge in [-0.05, 0) is 37.5 Å². The van der Waals surface area contributed by atoms with Gasteiger partial charge in [-0.3, -0.25) is 37.3 Å². The minimum absolute atomic E-state index is 0.107. The molecule has 0 aliphatic carbocycles. The molecule has 0 aromatic carbocycles. The van der Waals surface area contributed by atoms with Crippen LogP contribution in [-0.4, -0.2) is 96.7 Å². The number of aliphatic hydroxyl groups is 1. The minimum Gasteiger partial charge on any atom is -0.462 e. The van der Waals surface area contributed by atoms with Crippen molar-refractivity contribution < 1.29 is 80.2 Å². The van der Waals surface area contributed by atoms with E-state index in [-0.39, 0.29) is 25.7 Å².